The summed E-state index contributed by atoms with van der Waals surface area (Å²) in [6, 6.07) is -0.336. The normalized spacial score (nSPS) is 30.3. The molecule has 6 heteroatoms. The average Bonchev–Trinajstić information content (AvgIpc) is 2.84. The van der Waals surface area contributed by atoms with E-state index in [1.807, 2.05) is 0 Å². The molecule has 2 aliphatic rings. The maximum Gasteiger partial charge on any atom is 0.279 e. The zero-order valence-electron chi connectivity index (χ0n) is 8.41. The van der Waals surface area contributed by atoms with E-state index < -0.39 is 0 Å². The quantitative estimate of drug-likeness (QED) is 0.612. The van der Waals surface area contributed by atoms with Crippen LogP contribution < -0.4 is 16.0 Å². The molecule has 2 fully saturated rings. The average molecular weight is 229 g/mol. The lowest BCUT2D eigenvalue weighted by Gasteiger charge is -2.13. The lowest BCUT2D eigenvalue weighted by atomic mass is 10.1. The molecule has 0 spiro atoms. The molecular formula is C9H15N3O2S. The van der Waals surface area contributed by atoms with E-state index in [0.29, 0.717) is 18.2 Å². The van der Waals surface area contributed by atoms with Crippen molar-refractivity contribution >= 4 is 22.9 Å². The van der Waals surface area contributed by atoms with Gasteiger partial charge in [-0.2, -0.15) is 0 Å². The van der Waals surface area contributed by atoms with E-state index in [4.69, 9.17) is 0 Å². The van der Waals surface area contributed by atoms with Crippen molar-refractivity contribution in [3.05, 3.63) is 0 Å². The van der Waals surface area contributed by atoms with Gasteiger partial charge in [-0.05, 0) is 25.4 Å². The summed E-state index contributed by atoms with van der Waals surface area (Å²) in [4.78, 5) is 22.5. The Morgan fingerprint density at radius 1 is 1.60 bits per heavy atom. The molecule has 15 heavy (non-hydrogen) atoms. The Kier molecular flexibility index (Phi) is 3.48. The van der Waals surface area contributed by atoms with E-state index in [1.165, 1.54) is 11.8 Å². The van der Waals surface area contributed by atoms with Crippen molar-refractivity contribution in [2.75, 3.05) is 25.4 Å². The molecule has 3 N–H and O–H groups in total. The van der Waals surface area contributed by atoms with Gasteiger partial charge in [0.25, 0.3) is 5.24 Å². The molecule has 84 valence electrons. The number of hydrogen-bond donors (Lipinski definition) is 3. The van der Waals surface area contributed by atoms with E-state index in [-0.39, 0.29) is 17.2 Å². The first-order valence-electron chi connectivity index (χ1n) is 5.17. The minimum absolute atomic E-state index is 0.0553. The second-order valence-corrected chi connectivity index (χ2v) is 4.89. The zero-order chi connectivity index (χ0) is 10.7. The van der Waals surface area contributed by atoms with Crippen LogP contribution in [0.4, 0.5) is 4.79 Å². The molecule has 0 aromatic rings. The van der Waals surface area contributed by atoms with Gasteiger partial charge in [-0.1, -0.05) is 11.8 Å². The number of rotatable bonds is 3. The van der Waals surface area contributed by atoms with E-state index in [2.05, 4.69) is 16.0 Å². The second-order valence-electron chi connectivity index (χ2n) is 3.90. The summed E-state index contributed by atoms with van der Waals surface area (Å²) in [5, 5.41) is 8.65. The van der Waals surface area contributed by atoms with Gasteiger partial charge >= 0.3 is 0 Å². The number of hydrogen-bond acceptors (Lipinski definition) is 4. The van der Waals surface area contributed by atoms with Crippen LogP contribution in [-0.4, -0.2) is 42.6 Å². The van der Waals surface area contributed by atoms with Gasteiger partial charge in [-0.3, -0.25) is 9.59 Å². The van der Waals surface area contributed by atoms with Gasteiger partial charge in [0, 0.05) is 12.3 Å². The molecule has 2 rings (SSSR count). The van der Waals surface area contributed by atoms with E-state index >= 15 is 0 Å². The first kappa shape index (κ1) is 10.8. The van der Waals surface area contributed by atoms with Crippen LogP contribution in [0.5, 0.6) is 0 Å². The van der Waals surface area contributed by atoms with Crippen molar-refractivity contribution in [2.45, 2.75) is 12.5 Å². The SMILES string of the molecule is O=C1N[C@H](C(=O)NCC2CCNC2)CS1. The molecule has 2 saturated heterocycles. The molecule has 0 aromatic heterocycles. The van der Waals surface area contributed by atoms with Gasteiger partial charge < -0.3 is 16.0 Å². The van der Waals surface area contributed by atoms with Crippen molar-refractivity contribution in [2.24, 2.45) is 5.92 Å². The molecule has 2 aliphatic heterocycles. The highest BCUT2D eigenvalue weighted by Gasteiger charge is 2.28. The summed E-state index contributed by atoms with van der Waals surface area (Å²) in [5.41, 5.74) is 0. The Balaban J connectivity index is 1.70. The monoisotopic (exact) mass is 229 g/mol. The number of carbonyl (C=O) groups excluding carboxylic acids is 2. The summed E-state index contributed by atoms with van der Waals surface area (Å²) in [5.74, 6) is 1.03. The summed E-state index contributed by atoms with van der Waals surface area (Å²) in [6.45, 7) is 2.73. The molecule has 5 nitrogen and oxygen atoms in total. The van der Waals surface area contributed by atoms with Crippen molar-refractivity contribution < 1.29 is 9.59 Å². The predicted molar refractivity (Wildman–Crippen MR) is 58.8 cm³/mol. The lowest BCUT2D eigenvalue weighted by Crippen LogP contribution is -2.44. The molecule has 1 unspecified atom stereocenters. The zero-order valence-corrected chi connectivity index (χ0v) is 9.23. The molecule has 0 saturated carbocycles. The second kappa shape index (κ2) is 4.85. The summed E-state index contributed by atoms with van der Waals surface area (Å²) in [6.07, 6.45) is 1.12. The Labute approximate surface area is 92.7 Å². The fourth-order valence-corrected chi connectivity index (χ4v) is 2.56. The Bertz CT molecular complexity index is 266. The highest BCUT2D eigenvalue weighted by molar-refractivity contribution is 8.14. The maximum atomic E-state index is 11.6. The van der Waals surface area contributed by atoms with Gasteiger partial charge in [-0.15, -0.1) is 0 Å². The summed E-state index contributed by atoms with van der Waals surface area (Å²) < 4.78 is 0. The molecule has 2 heterocycles. The minimum atomic E-state index is -0.336. The molecule has 0 aromatic carbocycles. The Morgan fingerprint density at radius 2 is 2.47 bits per heavy atom. The fraction of sp³-hybridized carbons (Fsp3) is 0.778. The molecule has 0 aliphatic carbocycles. The third-order valence-corrected chi connectivity index (χ3v) is 3.60. The Hall–Kier alpha value is -0.750. The Morgan fingerprint density at radius 3 is 3.07 bits per heavy atom. The van der Waals surface area contributed by atoms with E-state index in [0.717, 1.165) is 19.5 Å². The van der Waals surface area contributed by atoms with Gasteiger partial charge in [-0.25, -0.2) is 0 Å². The highest BCUT2D eigenvalue weighted by Crippen LogP contribution is 2.13. The van der Waals surface area contributed by atoms with Crippen LogP contribution in [0.2, 0.25) is 0 Å². The van der Waals surface area contributed by atoms with E-state index in [9.17, 15) is 9.59 Å². The third-order valence-electron chi connectivity index (χ3n) is 2.72. The first-order valence-corrected chi connectivity index (χ1v) is 6.16. The van der Waals surface area contributed by atoms with Gasteiger partial charge in [0.05, 0.1) is 0 Å². The van der Waals surface area contributed by atoms with Crippen LogP contribution in [-0.2, 0) is 4.79 Å². The fourth-order valence-electron chi connectivity index (χ4n) is 1.78. The molecule has 2 atom stereocenters. The van der Waals surface area contributed by atoms with Crippen LogP contribution in [0.3, 0.4) is 0 Å². The summed E-state index contributed by atoms with van der Waals surface area (Å²) in [7, 11) is 0. The van der Waals surface area contributed by atoms with Crippen molar-refractivity contribution in [1.29, 1.82) is 0 Å². The number of nitrogens with one attached hydrogen (secondary N) is 3. The minimum Gasteiger partial charge on any atom is -0.354 e. The predicted octanol–water partition coefficient (Wildman–Crippen LogP) is -0.463. The summed E-state index contributed by atoms with van der Waals surface area (Å²) >= 11 is 1.17. The van der Waals surface area contributed by atoms with Gasteiger partial charge in [0.1, 0.15) is 6.04 Å². The third kappa shape index (κ3) is 2.85. The largest absolute Gasteiger partial charge is 0.354 e. The van der Waals surface area contributed by atoms with Gasteiger partial charge in [0.2, 0.25) is 5.91 Å². The van der Waals surface area contributed by atoms with Crippen LogP contribution in [0, 0.1) is 5.92 Å². The van der Waals surface area contributed by atoms with Crippen molar-refractivity contribution in [3.8, 4) is 0 Å². The van der Waals surface area contributed by atoms with Crippen LogP contribution >= 0.6 is 11.8 Å². The molecule has 0 bridgehead atoms. The number of carbonyl (C=O) groups is 2. The standard InChI is InChI=1S/C9H15N3O2S/c13-8(7-5-15-9(14)12-7)11-4-6-1-2-10-3-6/h6-7,10H,1-5H2,(H,11,13)(H,12,14)/t6?,7-/m0/s1. The molecular weight excluding hydrogens is 214 g/mol. The molecule has 0 radical (unpaired) electrons. The van der Waals surface area contributed by atoms with Crippen molar-refractivity contribution in [3.63, 3.8) is 0 Å². The van der Waals surface area contributed by atoms with Crippen molar-refractivity contribution in [1.82, 2.24) is 16.0 Å². The van der Waals surface area contributed by atoms with E-state index in [1.54, 1.807) is 0 Å². The lowest BCUT2D eigenvalue weighted by molar-refractivity contribution is -0.122. The topological polar surface area (TPSA) is 70.2 Å². The van der Waals surface area contributed by atoms with Gasteiger partial charge in [0.15, 0.2) is 0 Å². The van der Waals surface area contributed by atoms with Crippen LogP contribution in [0.1, 0.15) is 6.42 Å². The highest BCUT2D eigenvalue weighted by atomic mass is 32.2. The number of thioether (sulfide) groups is 1. The smallest absolute Gasteiger partial charge is 0.279 e. The maximum absolute atomic E-state index is 11.6. The van der Waals surface area contributed by atoms with Crippen LogP contribution in [0.25, 0.3) is 0 Å². The van der Waals surface area contributed by atoms with Crippen LogP contribution in [0.15, 0.2) is 0 Å². The molecule has 2 amide bonds. The first-order chi connectivity index (χ1) is 7.25. The number of amides is 2.